The molecule has 6 N–H and O–H groups in total. The number of aliphatic imine (C=N–C) groups is 1. The van der Waals surface area contributed by atoms with E-state index in [0.717, 1.165) is 72.8 Å². The molecule has 0 bridgehead atoms. The SMILES string of the molecule is CC1=CC2=Nc3cc(C)c(NC(=O)c4ccc(C(=O)Nc5cc6c(cc5C)nc5cc(C)c(N)cc5[n+]6-c5ccccc5)cc4)cc3N(c3ccccc3)C2C=C1N. The van der Waals surface area contributed by atoms with Gasteiger partial charge in [0.1, 0.15) is 11.0 Å². The van der Waals surface area contributed by atoms with Crippen LogP contribution >= 0.6 is 0 Å². The Morgan fingerprint density at radius 1 is 0.672 bits per heavy atom. The number of hydrogen-bond donors (Lipinski definition) is 4. The number of para-hydroxylation sites is 2. The fourth-order valence-electron chi connectivity index (χ4n) is 7.69. The van der Waals surface area contributed by atoms with Crippen LogP contribution in [0.3, 0.4) is 0 Å². The van der Waals surface area contributed by atoms with E-state index >= 15 is 0 Å². The van der Waals surface area contributed by atoms with Gasteiger partial charge in [0.2, 0.25) is 16.7 Å². The van der Waals surface area contributed by atoms with E-state index in [9.17, 15) is 9.59 Å². The number of carbonyl (C=O) groups excluding carboxylic acids is 2. The van der Waals surface area contributed by atoms with E-state index in [1.165, 1.54) is 0 Å². The standard InChI is InChI=1S/C48H40N8O2/c1-27-19-39-43(23-35(27)49)55(33-11-7-5-8-12-33)45-25-37(29(3)21-41(45)51-39)53-47(57)31-15-17-32(18-16-31)48(58)54-38-26-46-42(22-30(38)4)52-40-20-28(2)36(50)24-44(40)56(46)34-13-9-6-10-14-34/h5-26,43H,49H2,1-4H3,(H3,50,53,54,57,58)/p+1. The third-order valence-electron chi connectivity index (χ3n) is 10.9. The van der Waals surface area contributed by atoms with Crippen LogP contribution in [-0.2, 0) is 0 Å². The van der Waals surface area contributed by atoms with Crippen molar-refractivity contribution in [3.63, 3.8) is 0 Å². The van der Waals surface area contributed by atoms with Gasteiger partial charge in [0.15, 0.2) is 0 Å². The summed E-state index contributed by atoms with van der Waals surface area (Å²) in [6.45, 7) is 7.86. The summed E-state index contributed by atoms with van der Waals surface area (Å²) in [5, 5.41) is 6.20. The summed E-state index contributed by atoms with van der Waals surface area (Å²) in [7, 11) is 0. The average Bonchev–Trinajstić information content (AvgIpc) is 3.22. The van der Waals surface area contributed by atoms with Crippen molar-refractivity contribution in [2.24, 2.45) is 10.7 Å². The molecule has 58 heavy (non-hydrogen) atoms. The molecule has 10 heteroatoms. The molecule has 7 aromatic rings. The number of amides is 2. The number of aryl methyl sites for hydroxylation is 3. The zero-order chi connectivity index (χ0) is 40.2. The Bertz CT molecular complexity index is 2940. The lowest BCUT2D eigenvalue weighted by Gasteiger charge is -2.38. The number of benzene rings is 6. The van der Waals surface area contributed by atoms with Crippen LogP contribution in [0.25, 0.3) is 27.8 Å². The first-order chi connectivity index (χ1) is 28.0. The van der Waals surface area contributed by atoms with Crippen LogP contribution in [0.4, 0.5) is 34.1 Å². The number of allylic oxidation sites excluding steroid dienone is 1. The van der Waals surface area contributed by atoms with Crippen LogP contribution in [0.2, 0.25) is 0 Å². The zero-order valence-electron chi connectivity index (χ0n) is 32.5. The molecular weight excluding hydrogens is 721 g/mol. The maximum atomic E-state index is 13.7. The molecule has 9 rings (SSSR count). The van der Waals surface area contributed by atoms with Crippen molar-refractivity contribution in [1.29, 1.82) is 0 Å². The maximum Gasteiger partial charge on any atom is 0.255 e. The van der Waals surface area contributed by atoms with Crippen molar-refractivity contribution < 1.29 is 14.2 Å². The monoisotopic (exact) mass is 761 g/mol. The van der Waals surface area contributed by atoms with Crippen LogP contribution in [0.15, 0.2) is 150 Å². The summed E-state index contributed by atoms with van der Waals surface area (Å²) in [6.07, 6.45) is 4.06. The molecule has 1 aromatic heterocycles. The summed E-state index contributed by atoms with van der Waals surface area (Å²) in [6, 6.07) is 38.4. The molecule has 0 saturated carbocycles. The number of carbonyl (C=O) groups is 2. The smallest absolute Gasteiger partial charge is 0.255 e. The largest absolute Gasteiger partial charge is 0.399 e. The summed E-state index contributed by atoms with van der Waals surface area (Å²) < 4.78 is 2.12. The molecule has 0 saturated heterocycles. The number of fused-ring (bicyclic) bond motifs is 4. The molecule has 6 aromatic carbocycles. The highest BCUT2D eigenvalue weighted by Crippen LogP contribution is 2.44. The number of nitrogens with one attached hydrogen (secondary N) is 2. The van der Waals surface area contributed by atoms with Gasteiger partial charge in [-0.1, -0.05) is 36.4 Å². The van der Waals surface area contributed by atoms with E-state index < -0.39 is 0 Å². The quantitative estimate of drug-likeness (QED) is 0.0757. The summed E-state index contributed by atoms with van der Waals surface area (Å²) in [5.74, 6) is -0.601. The summed E-state index contributed by atoms with van der Waals surface area (Å²) >= 11 is 0. The highest BCUT2D eigenvalue weighted by molar-refractivity contribution is 6.12. The Labute approximate surface area is 335 Å². The van der Waals surface area contributed by atoms with Crippen LogP contribution in [0.1, 0.15) is 44.3 Å². The second-order valence-electron chi connectivity index (χ2n) is 14.9. The predicted octanol–water partition coefficient (Wildman–Crippen LogP) is 9.07. The van der Waals surface area contributed by atoms with E-state index in [1.54, 1.807) is 24.3 Å². The van der Waals surface area contributed by atoms with Crippen molar-refractivity contribution in [3.8, 4) is 5.69 Å². The number of nitrogen functional groups attached to an aromatic ring is 1. The minimum atomic E-state index is -0.303. The zero-order valence-corrected chi connectivity index (χ0v) is 32.5. The molecule has 0 radical (unpaired) electrons. The predicted molar refractivity (Wildman–Crippen MR) is 234 cm³/mol. The van der Waals surface area contributed by atoms with E-state index in [-0.39, 0.29) is 17.9 Å². The number of hydrogen-bond acceptors (Lipinski definition) is 7. The first-order valence-electron chi connectivity index (χ1n) is 19.1. The molecule has 0 fully saturated rings. The van der Waals surface area contributed by atoms with Gasteiger partial charge in [-0.15, -0.1) is 4.57 Å². The van der Waals surface area contributed by atoms with Crippen molar-refractivity contribution in [3.05, 3.63) is 173 Å². The van der Waals surface area contributed by atoms with Crippen molar-refractivity contribution in [1.82, 2.24) is 4.98 Å². The topological polar surface area (TPSA) is 143 Å². The Kier molecular flexibility index (Phi) is 8.81. The van der Waals surface area contributed by atoms with Crippen LogP contribution in [-0.4, -0.2) is 28.6 Å². The van der Waals surface area contributed by atoms with Gasteiger partial charge in [0.25, 0.3) is 11.8 Å². The minimum absolute atomic E-state index is 0.202. The maximum absolute atomic E-state index is 13.7. The lowest BCUT2D eigenvalue weighted by molar-refractivity contribution is -0.538. The molecule has 1 unspecified atom stereocenters. The number of rotatable bonds is 6. The van der Waals surface area contributed by atoms with E-state index in [0.29, 0.717) is 33.9 Å². The lowest BCUT2D eigenvalue weighted by Crippen LogP contribution is -2.40. The normalized spacial score (nSPS) is 14.6. The van der Waals surface area contributed by atoms with Gasteiger partial charge in [-0.25, -0.2) is 9.98 Å². The molecule has 2 amide bonds. The van der Waals surface area contributed by atoms with E-state index in [4.69, 9.17) is 21.4 Å². The highest BCUT2D eigenvalue weighted by atomic mass is 16.2. The molecule has 1 aliphatic heterocycles. The van der Waals surface area contributed by atoms with Gasteiger partial charge < -0.3 is 27.0 Å². The van der Waals surface area contributed by atoms with Gasteiger partial charge >= 0.3 is 0 Å². The van der Waals surface area contributed by atoms with Gasteiger partial charge in [-0.2, -0.15) is 0 Å². The van der Waals surface area contributed by atoms with Crippen LogP contribution in [0.5, 0.6) is 0 Å². The van der Waals surface area contributed by atoms with Crippen molar-refractivity contribution in [2.45, 2.75) is 33.7 Å². The average molecular weight is 762 g/mol. The van der Waals surface area contributed by atoms with Crippen molar-refractivity contribution >= 4 is 73.7 Å². The first kappa shape index (κ1) is 36.1. The molecule has 2 aliphatic rings. The number of aromatic nitrogens is 2. The third kappa shape index (κ3) is 6.40. The molecule has 1 aliphatic carbocycles. The molecule has 2 heterocycles. The molecule has 10 nitrogen and oxygen atoms in total. The Balaban J connectivity index is 0.986. The lowest BCUT2D eigenvalue weighted by atomic mass is 9.94. The minimum Gasteiger partial charge on any atom is -0.399 e. The molecule has 0 spiro atoms. The summed E-state index contributed by atoms with van der Waals surface area (Å²) in [5.41, 5.74) is 27.7. The van der Waals surface area contributed by atoms with Gasteiger partial charge in [-0.3, -0.25) is 9.59 Å². The fraction of sp³-hybridized carbons (Fsp3) is 0.104. The Morgan fingerprint density at radius 3 is 1.90 bits per heavy atom. The first-order valence-corrected chi connectivity index (χ1v) is 19.1. The second-order valence-corrected chi connectivity index (χ2v) is 14.9. The van der Waals surface area contributed by atoms with Crippen LogP contribution < -0.4 is 31.6 Å². The van der Waals surface area contributed by atoms with E-state index in [2.05, 4.69) is 32.2 Å². The molecule has 1 atom stereocenters. The third-order valence-corrected chi connectivity index (χ3v) is 10.9. The van der Waals surface area contributed by atoms with Gasteiger partial charge in [0.05, 0.1) is 28.8 Å². The second kappa shape index (κ2) is 14.2. The van der Waals surface area contributed by atoms with E-state index in [1.807, 2.05) is 125 Å². The van der Waals surface area contributed by atoms with Crippen molar-refractivity contribution in [2.75, 3.05) is 21.3 Å². The Hall–Kier alpha value is -7.59. The number of nitrogens with zero attached hydrogens (tertiary/aromatic N) is 4. The molecule has 284 valence electrons. The van der Waals surface area contributed by atoms with Crippen LogP contribution in [0, 0.1) is 20.8 Å². The highest BCUT2D eigenvalue weighted by Gasteiger charge is 2.32. The number of nitrogens with two attached hydrogens (primary N) is 2. The molecular formula is C48H41N8O2+. The van der Waals surface area contributed by atoms with Gasteiger partial charge in [-0.05, 0) is 123 Å². The van der Waals surface area contributed by atoms with Gasteiger partial charge in [0, 0.05) is 58.2 Å². The fourth-order valence-corrected chi connectivity index (χ4v) is 7.69. The number of anilines is 5. The summed E-state index contributed by atoms with van der Waals surface area (Å²) in [4.78, 5) is 39.6. The Morgan fingerprint density at radius 2 is 1.24 bits per heavy atom.